The predicted molar refractivity (Wildman–Crippen MR) is 102 cm³/mol. The summed E-state index contributed by atoms with van der Waals surface area (Å²) in [7, 11) is -0.880. The molecule has 0 heterocycles. The van der Waals surface area contributed by atoms with Crippen LogP contribution in [0.2, 0.25) is 0 Å². The van der Waals surface area contributed by atoms with Gasteiger partial charge in [-0.25, -0.2) is 4.79 Å². The van der Waals surface area contributed by atoms with Crippen LogP contribution in [0.4, 0.5) is 0 Å². The normalized spacial score (nSPS) is 10.1. The molecule has 0 aliphatic rings. The second kappa shape index (κ2) is 8.05. The van der Waals surface area contributed by atoms with Crippen LogP contribution in [-0.4, -0.2) is 11.1 Å². The fourth-order valence-corrected chi connectivity index (χ4v) is 4.87. The molecular weight excluding hydrogens is 371 g/mol. The molecule has 23 heavy (non-hydrogen) atoms. The van der Waals surface area contributed by atoms with Crippen molar-refractivity contribution in [3.63, 3.8) is 0 Å². The first kappa shape index (κ1) is 17.4. The van der Waals surface area contributed by atoms with Crippen LogP contribution in [0.25, 0.3) is 0 Å². The SMILES string of the molecule is Br.O=C(O)c1ccccc1P(c1ccccc1)c1ccccc1. The molecule has 116 valence electrons. The van der Waals surface area contributed by atoms with Crippen molar-refractivity contribution >= 4 is 46.8 Å². The van der Waals surface area contributed by atoms with Crippen molar-refractivity contribution in [2.45, 2.75) is 0 Å². The number of aromatic carboxylic acids is 1. The Balaban J connectivity index is 0.00000192. The quantitative estimate of drug-likeness (QED) is 0.693. The molecule has 0 aliphatic heterocycles. The van der Waals surface area contributed by atoms with Crippen molar-refractivity contribution in [2.75, 3.05) is 0 Å². The molecular formula is C19H16BrO2P. The Kier molecular flexibility index (Phi) is 6.09. The molecule has 0 saturated carbocycles. The highest BCUT2D eigenvalue weighted by Gasteiger charge is 2.21. The number of carboxylic acid groups (broad SMARTS) is 1. The van der Waals surface area contributed by atoms with Crippen molar-refractivity contribution in [2.24, 2.45) is 0 Å². The first-order valence-electron chi connectivity index (χ1n) is 7.00. The van der Waals surface area contributed by atoms with Gasteiger partial charge in [0.2, 0.25) is 0 Å². The molecule has 0 spiro atoms. The van der Waals surface area contributed by atoms with E-state index in [9.17, 15) is 9.90 Å². The van der Waals surface area contributed by atoms with Crippen LogP contribution in [0.5, 0.6) is 0 Å². The summed E-state index contributed by atoms with van der Waals surface area (Å²) in [6, 6.07) is 27.5. The van der Waals surface area contributed by atoms with Gasteiger partial charge in [0.05, 0.1) is 5.56 Å². The lowest BCUT2D eigenvalue weighted by atomic mass is 10.2. The Labute approximate surface area is 147 Å². The number of halogens is 1. The molecule has 0 fully saturated rings. The van der Waals surface area contributed by atoms with Crippen LogP contribution < -0.4 is 15.9 Å². The van der Waals surface area contributed by atoms with E-state index in [1.54, 1.807) is 12.1 Å². The topological polar surface area (TPSA) is 37.3 Å². The molecule has 0 amide bonds. The van der Waals surface area contributed by atoms with E-state index < -0.39 is 13.9 Å². The Bertz CT molecular complexity index is 736. The molecule has 1 N–H and O–H groups in total. The molecule has 0 aromatic heterocycles. The van der Waals surface area contributed by atoms with Crippen molar-refractivity contribution in [3.05, 3.63) is 90.5 Å². The van der Waals surface area contributed by atoms with E-state index in [4.69, 9.17) is 0 Å². The van der Waals surface area contributed by atoms with Crippen molar-refractivity contribution in [1.82, 2.24) is 0 Å². The number of hydrogen-bond acceptors (Lipinski definition) is 1. The zero-order valence-corrected chi connectivity index (χ0v) is 14.9. The zero-order chi connectivity index (χ0) is 15.4. The fraction of sp³-hybridized carbons (Fsp3) is 0. The summed E-state index contributed by atoms with van der Waals surface area (Å²) in [6.07, 6.45) is 0. The van der Waals surface area contributed by atoms with E-state index in [2.05, 4.69) is 24.3 Å². The Hall–Kier alpha value is -1.96. The molecule has 0 atom stereocenters. The molecule has 0 unspecified atom stereocenters. The van der Waals surface area contributed by atoms with Gasteiger partial charge in [0.15, 0.2) is 0 Å². The molecule has 4 heteroatoms. The Morgan fingerprint density at radius 3 is 1.61 bits per heavy atom. The summed E-state index contributed by atoms with van der Waals surface area (Å²) >= 11 is 0. The second-order valence-corrected chi connectivity index (χ2v) is 7.01. The second-order valence-electron chi connectivity index (χ2n) is 4.83. The minimum atomic E-state index is -0.880. The van der Waals surface area contributed by atoms with Gasteiger partial charge in [-0.3, -0.25) is 0 Å². The summed E-state index contributed by atoms with van der Waals surface area (Å²) in [6.45, 7) is 0. The predicted octanol–water partition coefficient (Wildman–Crippen LogP) is 3.72. The molecule has 0 bridgehead atoms. The van der Waals surface area contributed by atoms with Gasteiger partial charge in [-0.1, -0.05) is 78.9 Å². The summed E-state index contributed by atoms with van der Waals surface area (Å²) < 4.78 is 0. The highest BCUT2D eigenvalue weighted by Crippen LogP contribution is 2.33. The standard InChI is InChI=1S/C19H15O2P.BrH/c20-19(21)17-13-7-8-14-18(17)22(15-9-3-1-4-10-15)16-11-5-2-6-12-16;/h1-14H,(H,20,21);1H. The molecule has 0 saturated heterocycles. The minimum Gasteiger partial charge on any atom is -0.478 e. The minimum absolute atomic E-state index is 0. The van der Waals surface area contributed by atoms with Gasteiger partial charge in [-0.05, 0) is 29.9 Å². The number of carboxylic acids is 1. The highest BCUT2D eigenvalue weighted by molar-refractivity contribution is 8.93. The number of benzene rings is 3. The Morgan fingerprint density at radius 2 is 1.13 bits per heavy atom. The van der Waals surface area contributed by atoms with E-state index in [1.807, 2.05) is 48.5 Å². The summed E-state index contributed by atoms with van der Waals surface area (Å²) in [5.74, 6) is -0.880. The van der Waals surface area contributed by atoms with Gasteiger partial charge < -0.3 is 5.11 Å². The molecule has 3 aromatic carbocycles. The Morgan fingerprint density at radius 1 is 0.696 bits per heavy atom. The van der Waals surface area contributed by atoms with E-state index in [0.717, 1.165) is 15.9 Å². The van der Waals surface area contributed by atoms with Gasteiger partial charge in [0.25, 0.3) is 0 Å². The monoisotopic (exact) mass is 386 g/mol. The van der Waals surface area contributed by atoms with E-state index >= 15 is 0 Å². The average Bonchev–Trinajstić information content (AvgIpc) is 2.57. The van der Waals surface area contributed by atoms with Crippen LogP contribution in [0.15, 0.2) is 84.9 Å². The first-order valence-corrected chi connectivity index (χ1v) is 8.34. The largest absolute Gasteiger partial charge is 0.478 e. The lowest BCUT2D eigenvalue weighted by Gasteiger charge is -2.20. The average molecular weight is 387 g/mol. The number of hydrogen-bond donors (Lipinski definition) is 1. The van der Waals surface area contributed by atoms with Crippen molar-refractivity contribution < 1.29 is 9.90 Å². The van der Waals surface area contributed by atoms with Gasteiger partial charge in [0, 0.05) is 0 Å². The van der Waals surface area contributed by atoms with Gasteiger partial charge >= 0.3 is 5.97 Å². The molecule has 3 aromatic rings. The maximum absolute atomic E-state index is 11.6. The van der Waals surface area contributed by atoms with Crippen molar-refractivity contribution in [1.29, 1.82) is 0 Å². The third kappa shape index (κ3) is 3.87. The third-order valence-corrected chi connectivity index (χ3v) is 5.91. The lowest BCUT2D eigenvalue weighted by Crippen LogP contribution is -2.24. The van der Waals surface area contributed by atoms with Gasteiger partial charge in [-0.2, -0.15) is 0 Å². The van der Waals surface area contributed by atoms with Gasteiger partial charge in [0.1, 0.15) is 0 Å². The summed E-state index contributed by atoms with van der Waals surface area (Å²) in [5, 5.41) is 12.7. The molecule has 3 rings (SSSR count). The smallest absolute Gasteiger partial charge is 0.336 e. The van der Waals surface area contributed by atoms with Crippen LogP contribution in [0, 0.1) is 0 Å². The van der Waals surface area contributed by atoms with E-state index in [1.165, 1.54) is 0 Å². The summed E-state index contributed by atoms with van der Waals surface area (Å²) in [5.41, 5.74) is 0.376. The van der Waals surface area contributed by atoms with Crippen molar-refractivity contribution in [3.8, 4) is 0 Å². The highest BCUT2D eigenvalue weighted by atomic mass is 79.9. The van der Waals surface area contributed by atoms with Gasteiger partial charge in [-0.15, -0.1) is 17.0 Å². The first-order chi connectivity index (χ1) is 10.8. The van der Waals surface area contributed by atoms with E-state index in [0.29, 0.717) is 5.56 Å². The molecule has 2 nitrogen and oxygen atoms in total. The van der Waals surface area contributed by atoms with E-state index in [-0.39, 0.29) is 17.0 Å². The van der Waals surface area contributed by atoms with Crippen LogP contribution in [0.1, 0.15) is 10.4 Å². The zero-order valence-electron chi connectivity index (χ0n) is 12.3. The fourth-order valence-electron chi connectivity index (χ4n) is 2.43. The lowest BCUT2D eigenvalue weighted by molar-refractivity contribution is 0.0698. The molecule has 0 aliphatic carbocycles. The maximum Gasteiger partial charge on any atom is 0.336 e. The van der Waals surface area contributed by atoms with Crippen LogP contribution in [0.3, 0.4) is 0 Å². The number of rotatable bonds is 4. The summed E-state index contributed by atoms with van der Waals surface area (Å²) in [4.78, 5) is 11.6. The molecule has 0 radical (unpaired) electrons. The van der Waals surface area contributed by atoms with Crippen LogP contribution >= 0.6 is 24.9 Å². The van der Waals surface area contributed by atoms with Crippen LogP contribution in [-0.2, 0) is 0 Å². The maximum atomic E-state index is 11.6. The number of carbonyl (C=O) groups is 1. The third-order valence-electron chi connectivity index (χ3n) is 3.40.